The third kappa shape index (κ3) is 3.30. The number of thioether (sulfide) groups is 1. The summed E-state index contributed by atoms with van der Waals surface area (Å²) in [6.07, 6.45) is 1.72. The van der Waals surface area contributed by atoms with Crippen molar-refractivity contribution in [3.63, 3.8) is 0 Å². The molecule has 0 N–H and O–H groups in total. The summed E-state index contributed by atoms with van der Waals surface area (Å²) in [4.78, 5) is 18.5. The second kappa shape index (κ2) is 6.56. The predicted molar refractivity (Wildman–Crippen MR) is 93.3 cm³/mol. The fourth-order valence-corrected chi connectivity index (χ4v) is 3.19. The van der Waals surface area contributed by atoms with E-state index in [4.69, 9.17) is 11.6 Å². The zero-order valence-electron chi connectivity index (χ0n) is 12.2. The lowest BCUT2D eigenvalue weighted by Crippen LogP contribution is -2.23. The van der Waals surface area contributed by atoms with E-state index in [1.807, 2.05) is 18.2 Å². The molecule has 116 valence electrons. The highest BCUT2D eigenvalue weighted by Gasteiger charge is 2.30. The molecule has 1 amide bonds. The fourth-order valence-electron chi connectivity index (χ4n) is 2.03. The summed E-state index contributed by atoms with van der Waals surface area (Å²) in [5.41, 5.74) is 0.958. The van der Waals surface area contributed by atoms with Crippen molar-refractivity contribution in [2.45, 2.75) is 0 Å². The Morgan fingerprint density at radius 1 is 1.17 bits per heavy atom. The molecule has 0 saturated carbocycles. The van der Waals surface area contributed by atoms with Crippen molar-refractivity contribution >= 4 is 46.2 Å². The van der Waals surface area contributed by atoms with Crippen LogP contribution in [-0.4, -0.2) is 23.0 Å². The first-order valence-electron chi connectivity index (χ1n) is 6.81. The van der Waals surface area contributed by atoms with Gasteiger partial charge in [-0.05, 0) is 41.6 Å². The van der Waals surface area contributed by atoms with E-state index in [2.05, 4.69) is 4.99 Å². The number of hydrogen-bond donors (Lipinski definition) is 0. The number of carbonyl (C=O) groups excluding carboxylic acids is 1. The monoisotopic (exact) mass is 346 g/mol. The van der Waals surface area contributed by atoms with Gasteiger partial charge in [-0.2, -0.15) is 0 Å². The highest BCUT2D eigenvalue weighted by atomic mass is 35.5. The van der Waals surface area contributed by atoms with E-state index in [0.29, 0.717) is 15.1 Å². The van der Waals surface area contributed by atoms with Crippen LogP contribution in [0.5, 0.6) is 0 Å². The molecule has 2 aromatic rings. The first-order chi connectivity index (χ1) is 11.1. The van der Waals surface area contributed by atoms with Crippen LogP contribution >= 0.6 is 23.4 Å². The summed E-state index contributed by atoms with van der Waals surface area (Å²) < 4.78 is 13.7. The Labute approximate surface area is 142 Å². The molecule has 1 aliphatic heterocycles. The lowest BCUT2D eigenvalue weighted by atomic mass is 10.2. The molecule has 0 bridgehead atoms. The number of benzene rings is 2. The largest absolute Gasteiger partial charge is 0.290 e. The van der Waals surface area contributed by atoms with Gasteiger partial charge in [0.25, 0.3) is 5.91 Å². The van der Waals surface area contributed by atoms with Crippen LogP contribution in [0.4, 0.5) is 10.1 Å². The van der Waals surface area contributed by atoms with E-state index in [1.165, 1.54) is 22.7 Å². The molecule has 1 saturated heterocycles. The minimum atomic E-state index is -0.426. The number of halogens is 2. The molecule has 3 rings (SSSR count). The van der Waals surface area contributed by atoms with Gasteiger partial charge in [0.2, 0.25) is 0 Å². The molecule has 2 aromatic carbocycles. The number of amides is 1. The van der Waals surface area contributed by atoms with Gasteiger partial charge in [0.15, 0.2) is 5.17 Å². The second-order valence-corrected chi connectivity index (χ2v) is 6.26. The Kier molecular flexibility index (Phi) is 4.50. The minimum absolute atomic E-state index is 0.190. The standard InChI is InChI=1S/C17H12ClFN2OS/c1-21-16(22)15(10-11-6-2-3-7-12(11)18)23-17(21)20-14-9-5-4-8-13(14)19/h2-10H,1H3/b15-10+,20-17?. The number of rotatable bonds is 2. The lowest BCUT2D eigenvalue weighted by molar-refractivity contribution is -0.121. The van der Waals surface area contributed by atoms with Crippen LogP contribution in [0.1, 0.15) is 5.56 Å². The Hall–Kier alpha value is -2.11. The Morgan fingerprint density at radius 2 is 1.87 bits per heavy atom. The second-order valence-electron chi connectivity index (χ2n) is 4.84. The molecule has 23 heavy (non-hydrogen) atoms. The van der Waals surface area contributed by atoms with Gasteiger partial charge in [0, 0.05) is 12.1 Å². The molecular weight excluding hydrogens is 335 g/mol. The average molecular weight is 347 g/mol. The summed E-state index contributed by atoms with van der Waals surface area (Å²) in [5.74, 6) is -0.616. The maximum absolute atomic E-state index is 13.7. The maximum Gasteiger partial charge on any atom is 0.266 e. The molecule has 0 aromatic heterocycles. The van der Waals surface area contributed by atoms with Crippen molar-refractivity contribution in [1.29, 1.82) is 0 Å². The van der Waals surface area contributed by atoms with E-state index in [-0.39, 0.29) is 11.6 Å². The average Bonchev–Trinajstić information content (AvgIpc) is 2.80. The molecule has 6 heteroatoms. The fraction of sp³-hybridized carbons (Fsp3) is 0.0588. The number of amidine groups is 1. The number of carbonyl (C=O) groups is 1. The van der Waals surface area contributed by atoms with Gasteiger partial charge in [-0.15, -0.1) is 0 Å². The highest BCUT2D eigenvalue weighted by molar-refractivity contribution is 8.18. The van der Waals surface area contributed by atoms with Crippen LogP contribution in [0.3, 0.4) is 0 Å². The van der Waals surface area contributed by atoms with Crippen LogP contribution in [0.25, 0.3) is 6.08 Å². The van der Waals surface area contributed by atoms with Crippen molar-refractivity contribution in [1.82, 2.24) is 4.90 Å². The van der Waals surface area contributed by atoms with E-state index >= 15 is 0 Å². The van der Waals surface area contributed by atoms with Crippen LogP contribution in [-0.2, 0) is 4.79 Å². The van der Waals surface area contributed by atoms with Crippen molar-refractivity contribution in [2.24, 2.45) is 4.99 Å². The number of likely N-dealkylation sites (N-methyl/N-ethyl adjacent to an activating group) is 1. The number of hydrogen-bond acceptors (Lipinski definition) is 3. The predicted octanol–water partition coefficient (Wildman–Crippen LogP) is 4.71. The van der Waals surface area contributed by atoms with Gasteiger partial charge in [-0.3, -0.25) is 9.69 Å². The highest BCUT2D eigenvalue weighted by Crippen LogP contribution is 2.34. The van der Waals surface area contributed by atoms with Gasteiger partial charge in [-0.1, -0.05) is 41.9 Å². The minimum Gasteiger partial charge on any atom is -0.290 e. The van der Waals surface area contributed by atoms with Gasteiger partial charge in [0.05, 0.1) is 4.91 Å². The molecule has 1 heterocycles. The van der Waals surface area contributed by atoms with Gasteiger partial charge in [0.1, 0.15) is 11.5 Å². The van der Waals surface area contributed by atoms with E-state index in [9.17, 15) is 9.18 Å². The SMILES string of the molecule is CN1C(=O)/C(=C\c2ccccc2Cl)SC1=Nc1ccccc1F. The van der Waals surface area contributed by atoms with Crippen molar-refractivity contribution in [3.8, 4) is 0 Å². The quantitative estimate of drug-likeness (QED) is 0.737. The lowest BCUT2D eigenvalue weighted by Gasteiger charge is -2.07. The van der Waals surface area contributed by atoms with Crippen molar-refractivity contribution in [2.75, 3.05) is 7.05 Å². The number of para-hydroxylation sites is 1. The molecule has 1 aliphatic rings. The summed E-state index contributed by atoms with van der Waals surface area (Å²) in [7, 11) is 1.61. The molecule has 0 atom stereocenters. The van der Waals surface area contributed by atoms with Gasteiger partial charge < -0.3 is 0 Å². The molecule has 0 unspecified atom stereocenters. The summed E-state index contributed by atoms with van der Waals surface area (Å²) in [5, 5.41) is 0.994. The summed E-state index contributed by atoms with van der Waals surface area (Å²) >= 11 is 7.31. The maximum atomic E-state index is 13.7. The molecule has 0 spiro atoms. The third-order valence-corrected chi connectivity index (χ3v) is 4.67. The van der Waals surface area contributed by atoms with Crippen molar-refractivity contribution < 1.29 is 9.18 Å². The Balaban J connectivity index is 1.95. The first kappa shape index (κ1) is 15.8. The zero-order chi connectivity index (χ0) is 16.4. The van der Waals surface area contributed by atoms with Gasteiger partial charge >= 0.3 is 0 Å². The summed E-state index contributed by atoms with van der Waals surface area (Å²) in [6.45, 7) is 0. The van der Waals surface area contributed by atoms with E-state index in [1.54, 1.807) is 37.4 Å². The molecular formula is C17H12ClFN2OS. The molecule has 1 fully saturated rings. The molecule has 0 radical (unpaired) electrons. The first-order valence-corrected chi connectivity index (χ1v) is 8.01. The zero-order valence-corrected chi connectivity index (χ0v) is 13.7. The third-order valence-electron chi connectivity index (χ3n) is 3.26. The van der Waals surface area contributed by atoms with E-state index in [0.717, 1.165) is 5.56 Å². The van der Waals surface area contributed by atoms with Crippen LogP contribution in [0.2, 0.25) is 5.02 Å². The topological polar surface area (TPSA) is 32.7 Å². The van der Waals surface area contributed by atoms with Gasteiger partial charge in [-0.25, -0.2) is 9.38 Å². The normalized spacial score (nSPS) is 18.2. The number of nitrogens with zero attached hydrogens (tertiary/aromatic N) is 2. The van der Waals surface area contributed by atoms with E-state index < -0.39 is 5.82 Å². The molecule has 0 aliphatic carbocycles. The smallest absolute Gasteiger partial charge is 0.266 e. The van der Waals surface area contributed by atoms with Crippen LogP contribution in [0.15, 0.2) is 58.4 Å². The Morgan fingerprint density at radius 3 is 2.61 bits per heavy atom. The van der Waals surface area contributed by atoms with Crippen LogP contribution < -0.4 is 0 Å². The molecule has 3 nitrogen and oxygen atoms in total. The van der Waals surface area contributed by atoms with Crippen LogP contribution in [0, 0.1) is 5.82 Å². The number of aliphatic imine (C=N–C) groups is 1. The Bertz CT molecular complexity index is 835. The summed E-state index contributed by atoms with van der Waals surface area (Å²) in [6, 6.07) is 13.5. The van der Waals surface area contributed by atoms with Crippen molar-refractivity contribution in [3.05, 3.63) is 69.8 Å².